The first-order valence-electron chi connectivity index (χ1n) is 13.0. The molecule has 190 valence electrons. The zero-order chi connectivity index (χ0) is 26.0. The molecule has 0 radical (unpaired) electrons. The first-order chi connectivity index (χ1) is 17.8. The molecule has 4 nitrogen and oxygen atoms in total. The smallest absolute Gasteiger partial charge is 0.304 e. The Labute approximate surface area is 223 Å². The largest absolute Gasteiger partial charge is 0.481 e. The summed E-state index contributed by atoms with van der Waals surface area (Å²) in [4.78, 5) is 11.2. The second-order valence-corrected chi connectivity index (χ2v) is 11.0. The monoisotopic (exact) mass is 513 g/mol. The zero-order valence-corrected chi connectivity index (χ0v) is 22.1. The first-order valence-corrected chi connectivity index (χ1v) is 13.3. The third-order valence-electron chi connectivity index (χ3n) is 7.67. The number of hydrogen-bond acceptors (Lipinski definition) is 3. The van der Waals surface area contributed by atoms with Gasteiger partial charge in [-0.25, -0.2) is 0 Å². The Kier molecular flexibility index (Phi) is 7.21. The number of hydrogen-bond donors (Lipinski definition) is 1. The van der Waals surface area contributed by atoms with Crippen molar-refractivity contribution in [2.45, 2.75) is 57.8 Å². The average molecular weight is 514 g/mol. The standard InChI is InChI=1S/C32H32ClNO3/c1-21(6-7-23-4-3-5-28(33)19-23)18-29-22(2)34-37-31(29)26-10-8-24(9-11-26)25-12-14-27(15-13-25)32(16-17-32)20-30(35)36/h3-5,8-15,19,21H,6-7,16-18,20H2,1-2H3,(H,35,36). The van der Waals surface area contributed by atoms with E-state index in [4.69, 9.17) is 16.1 Å². The quantitative estimate of drug-likeness (QED) is 0.231. The van der Waals surface area contributed by atoms with Crippen LogP contribution in [0.4, 0.5) is 0 Å². The predicted molar refractivity (Wildman–Crippen MR) is 148 cm³/mol. The number of aryl methyl sites for hydroxylation is 2. The lowest BCUT2D eigenvalue weighted by molar-refractivity contribution is -0.137. The molecule has 1 aliphatic rings. The number of aromatic nitrogens is 1. The van der Waals surface area contributed by atoms with Gasteiger partial charge in [-0.05, 0) is 79.3 Å². The van der Waals surface area contributed by atoms with Crippen molar-refractivity contribution >= 4 is 17.6 Å². The van der Waals surface area contributed by atoms with Gasteiger partial charge in [-0.15, -0.1) is 0 Å². The fourth-order valence-corrected chi connectivity index (χ4v) is 5.46. The number of benzene rings is 3. The summed E-state index contributed by atoms with van der Waals surface area (Å²) in [5, 5.41) is 14.3. The van der Waals surface area contributed by atoms with Gasteiger partial charge in [0.2, 0.25) is 0 Å². The maximum Gasteiger partial charge on any atom is 0.304 e. The minimum absolute atomic E-state index is 0.167. The SMILES string of the molecule is Cc1noc(-c2ccc(-c3ccc(C4(CC(=O)O)CC4)cc3)cc2)c1CC(C)CCc1cccc(Cl)c1. The van der Waals surface area contributed by atoms with Crippen molar-refractivity contribution in [2.24, 2.45) is 5.92 Å². The van der Waals surface area contributed by atoms with Crippen LogP contribution in [0.3, 0.4) is 0 Å². The zero-order valence-electron chi connectivity index (χ0n) is 21.3. The fraction of sp³-hybridized carbons (Fsp3) is 0.312. The van der Waals surface area contributed by atoms with E-state index in [1.54, 1.807) is 0 Å². The van der Waals surface area contributed by atoms with Gasteiger partial charge in [-0.1, -0.05) is 84.3 Å². The molecule has 4 aromatic rings. The maximum atomic E-state index is 11.2. The van der Waals surface area contributed by atoms with Crippen molar-refractivity contribution in [1.29, 1.82) is 0 Å². The molecule has 1 unspecified atom stereocenters. The molecule has 0 bridgehead atoms. The molecule has 1 fully saturated rings. The van der Waals surface area contributed by atoms with Gasteiger partial charge in [-0.2, -0.15) is 0 Å². The summed E-state index contributed by atoms with van der Waals surface area (Å²) in [7, 11) is 0. The lowest BCUT2D eigenvalue weighted by Crippen LogP contribution is -2.12. The summed E-state index contributed by atoms with van der Waals surface area (Å²) >= 11 is 6.14. The number of aliphatic carboxylic acids is 1. The second kappa shape index (κ2) is 10.5. The molecular formula is C32H32ClNO3. The number of rotatable bonds is 10. The van der Waals surface area contributed by atoms with Crippen molar-refractivity contribution in [3.63, 3.8) is 0 Å². The van der Waals surface area contributed by atoms with Crippen LogP contribution in [-0.2, 0) is 23.1 Å². The van der Waals surface area contributed by atoms with Crippen molar-refractivity contribution in [3.05, 3.63) is 100 Å². The van der Waals surface area contributed by atoms with E-state index < -0.39 is 5.97 Å². The number of carboxylic acid groups (broad SMARTS) is 1. The van der Waals surface area contributed by atoms with Crippen molar-refractivity contribution in [3.8, 4) is 22.5 Å². The average Bonchev–Trinajstić information content (AvgIpc) is 3.58. The first kappa shape index (κ1) is 25.3. The van der Waals surface area contributed by atoms with Crippen molar-refractivity contribution in [2.75, 3.05) is 0 Å². The lowest BCUT2D eigenvalue weighted by atomic mass is 9.90. The van der Waals surface area contributed by atoms with E-state index in [0.29, 0.717) is 5.92 Å². The lowest BCUT2D eigenvalue weighted by Gasteiger charge is -2.14. The van der Waals surface area contributed by atoms with E-state index in [1.165, 1.54) is 11.1 Å². The Morgan fingerprint density at radius 3 is 2.30 bits per heavy atom. The van der Waals surface area contributed by atoms with Crippen LogP contribution in [0, 0.1) is 12.8 Å². The highest BCUT2D eigenvalue weighted by atomic mass is 35.5. The highest BCUT2D eigenvalue weighted by Gasteiger charge is 2.45. The molecule has 3 aromatic carbocycles. The van der Waals surface area contributed by atoms with Gasteiger partial charge in [0, 0.05) is 21.6 Å². The molecule has 0 spiro atoms. The van der Waals surface area contributed by atoms with Gasteiger partial charge in [0.25, 0.3) is 0 Å². The van der Waals surface area contributed by atoms with E-state index in [0.717, 1.165) is 70.8 Å². The van der Waals surface area contributed by atoms with Crippen LogP contribution >= 0.6 is 11.6 Å². The molecule has 1 saturated carbocycles. The third kappa shape index (κ3) is 5.80. The molecule has 1 atom stereocenters. The fourth-order valence-electron chi connectivity index (χ4n) is 5.25. The molecule has 0 amide bonds. The summed E-state index contributed by atoms with van der Waals surface area (Å²) in [6, 6.07) is 24.9. The van der Waals surface area contributed by atoms with Crippen LogP contribution in [0.5, 0.6) is 0 Å². The second-order valence-electron chi connectivity index (χ2n) is 10.6. The molecule has 5 rings (SSSR count). The summed E-state index contributed by atoms with van der Waals surface area (Å²) < 4.78 is 5.78. The Balaban J connectivity index is 1.27. The van der Waals surface area contributed by atoms with E-state index in [-0.39, 0.29) is 11.8 Å². The van der Waals surface area contributed by atoms with Crippen LogP contribution in [0.2, 0.25) is 5.02 Å². The molecule has 0 saturated heterocycles. The van der Waals surface area contributed by atoms with Crippen LogP contribution < -0.4 is 0 Å². The summed E-state index contributed by atoms with van der Waals surface area (Å²) in [5.74, 6) is 0.595. The Morgan fingerprint density at radius 1 is 1.03 bits per heavy atom. The number of carbonyl (C=O) groups is 1. The number of nitrogens with zero attached hydrogens (tertiary/aromatic N) is 1. The summed E-state index contributed by atoms with van der Waals surface area (Å²) in [5.41, 5.74) is 7.59. The van der Waals surface area contributed by atoms with Crippen LogP contribution in [0.1, 0.15) is 55.0 Å². The molecule has 5 heteroatoms. The molecule has 1 aromatic heterocycles. The van der Waals surface area contributed by atoms with Crippen LogP contribution in [-0.4, -0.2) is 16.2 Å². The topological polar surface area (TPSA) is 63.3 Å². The molecule has 37 heavy (non-hydrogen) atoms. The summed E-state index contributed by atoms with van der Waals surface area (Å²) in [6.45, 7) is 4.29. The van der Waals surface area contributed by atoms with E-state index in [1.807, 2.05) is 25.1 Å². The Hall–Kier alpha value is -3.37. The molecule has 1 N–H and O–H groups in total. The van der Waals surface area contributed by atoms with Gasteiger partial charge in [0.15, 0.2) is 5.76 Å². The molecule has 0 aliphatic heterocycles. The molecule has 1 heterocycles. The molecule has 1 aliphatic carbocycles. The summed E-state index contributed by atoms with van der Waals surface area (Å²) in [6.07, 6.45) is 5.07. The van der Waals surface area contributed by atoms with Gasteiger partial charge in [-0.3, -0.25) is 4.79 Å². The van der Waals surface area contributed by atoms with Crippen LogP contribution in [0.25, 0.3) is 22.5 Å². The Morgan fingerprint density at radius 2 is 1.68 bits per heavy atom. The normalized spacial score (nSPS) is 14.9. The maximum absolute atomic E-state index is 11.2. The third-order valence-corrected chi connectivity index (χ3v) is 7.91. The van der Waals surface area contributed by atoms with Gasteiger partial charge < -0.3 is 9.63 Å². The highest BCUT2D eigenvalue weighted by Crippen LogP contribution is 2.51. The minimum atomic E-state index is -0.727. The van der Waals surface area contributed by atoms with Gasteiger partial charge in [0.1, 0.15) is 0 Å². The predicted octanol–water partition coefficient (Wildman–Crippen LogP) is 8.29. The Bertz CT molecular complexity index is 1380. The minimum Gasteiger partial charge on any atom is -0.481 e. The van der Waals surface area contributed by atoms with E-state index in [9.17, 15) is 9.90 Å². The van der Waals surface area contributed by atoms with E-state index >= 15 is 0 Å². The van der Waals surface area contributed by atoms with E-state index in [2.05, 4.69) is 66.7 Å². The van der Waals surface area contributed by atoms with Gasteiger partial charge >= 0.3 is 5.97 Å². The van der Waals surface area contributed by atoms with Gasteiger partial charge in [0.05, 0.1) is 12.1 Å². The van der Waals surface area contributed by atoms with Crippen molar-refractivity contribution < 1.29 is 14.4 Å². The van der Waals surface area contributed by atoms with Crippen molar-refractivity contribution in [1.82, 2.24) is 5.16 Å². The molecular weight excluding hydrogens is 482 g/mol. The highest BCUT2D eigenvalue weighted by molar-refractivity contribution is 6.30. The number of carboxylic acids is 1. The van der Waals surface area contributed by atoms with Crippen LogP contribution in [0.15, 0.2) is 77.3 Å². The number of halogens is 1.